The van der Waals surface area contributed by atoms with Crippen LogP contribution >= 0.6 is 0 Å². The molecule has 136 valence electrons. The van der Waals surface area contributed by atoms with Crippen molar-refractivity contribution in [1.29, 1.82) is 0 Å². The second kappa shape index (κ2) is 8.32. The topological polar surface area (TPSA) is 66.4 Å². The van der Waals surface area contributed by atoms with Crippen LogP contribution in [0.5, 0.6) is 5.75 Å². The summed E-state index contributed by atoms with van der Waals surface area (Å²) in [5.41, 5.74) is 2.89. The van der Waals surface area contributed by atoms with Gasteiger partial charge in [0, 0.05) is 17.7 Å². The number of ketones is 1. The van der Waals surface area contributed by atoms with Crippen LogP contribution < -0.4 is 5.32 Å². The highest BCUT2D eigenvalue weighted by Crippen LogP contribution is 2.19. The number of hydrogen-bond donors (Lipinski definition) is 2. The minimum absolute atomic E-state index is 0.0610. The average Bonchev–Trinajstić information content (AvgIpc) is 2.72. The normalized spacial score (nSPS) is 11.6. The van der Waals surface area contributed by atoms with Gasteiger partial charge < -0.3 is 10.4 Å². The number of benzene rings is 3. The van der Waals surface area contributed by atoms with E-state index in [9.17, 15) is 14.7 Å². The molecule has 4 nitrogen and oxygen atoms in total. The van der Waals surface area contributed by atoms with Crippen LogP contribution in [-0.4, -0.2) is 16.8 Å². The van der Waals surface area contributed by atoms with Gasteiger partial charge in [0.2, 0.25) is 5.91 Å². The van der Waals surface area contributed by atoms with Crippen molar-refractivity contribution in [2.45, 2.75) is 19.4 Å². The average molecular weight is 359 g/mol. The first-order chi connectivity index (χ1) is 13.0. The van der Waals surface area contributed by atoms with Crippen molar-refractivity contribution in [3.63, 3.8) is 0 Å². The van der Waals surface area contributed by atoms with Crippen molar-refractivity contribution in [2.75, 3.05) is 0 Å². The number of amides is 1. The van der Waals surface area contributed by atoms with E-state index in [0.717, 1.165) is 11.1 Å². The number of aromatic hydroxyl groups is 1. The largest absolute Gasteiger partial charge is 0.508 e. The summed E-state index contributed by atoms with van der Waals surface area (Å²) in [6.07, 6.45) is 0. The van der Waals surface area contributed by atoms with Gasteiger partial charge in [0.15, 0.2) is 5.78 Å². The molecule has 0 saturated carbocycles. The summed E-state index contributed by atoms with van der Waals surface area (Å²) in [5.74, 6) is -0.370. The Labute approximate surface area is 158 Å². The van der Waals surface area contributed by atoms with Gasteiger partial charge in [-0.25, -0.2) is 0 Å². The Morgan fingerprint density at radius 1 is 0.889 bits per heavy atom. The van der Waals surface area contributed by atoms with E-state index in [1.165, 1.54) is 0 Å². The first-order valence-electron chi connectivity index (χ1n) is 8.80. The van der Waals surface area contributed by atoms with E-state index in [4.69, 9.17) is 0 Å². The van der Waals surface area contributed by atoms with Crippen LogP contribution in [0.2, 0.25) is 0 Å². The van der Waals surface area contributed by atoms with Crippen molar-refractivity contribution in [3.8, 4) is 5.75 Å². The van der Waals surface area contributed by atoms with Crippen molar-refractivity contribution >= 4 is 11.7 Å². The molecule has 0 radical (unpaired) electrons. The van der Waals surface area contributed by atoms with Crippen molar-refractivity contribution in [2.24, 2.45) is 0 Å². The number of rotatable bonds is 6. The fourth-order valence-electron chi connectivity index (χ4n) is 2.81. The highest BCUT2D eigenvalue weighted by Gasteiger charge is 2.17. The van der Waals surface area contributed by atoms with E-state index >= 15 is 0 Å². The zero-order valence-electron chi connectivity index (χ0n) is 15.1. The Bertz CT molecular complexity index is 933. The second-order valence-corrected chi connectivity index (χ2v) is 6.43. The van der Waals surface area contributed by atoms with Gasteiger partial charge in [0.05, 0.1) is 5.92 Å². The Morgan fingerprint density at radius 3 is 2.26 bits per heavy atom. The molecule has 0 aliphatic carbocycles. The molecule has 0 unspecified atom stereocenters. The summed E-state index contributed by atoms with van der Waals surface area (Å²) in [5, 5.41) is 12.2. The van der Waals surface area contributed by atoms with E-state index in [1.807, 2.05) is 31.2 Å². The Morgan fingerprint density at radius 2 is 1.56 bits per heavy atom. The molecule has 0 heterocycles. The van der Waals surface area contributed by atoms with E-state index in [-0.39, 0.29) is 23.4 Å². The van der Waals surface area contributed by atoms with Gasteiger partial charge in [-0.05, 0) is 36.2 Å². The van der Waals surface area contributed by atoms with E-state index in [0.29, 0.717) is 17.7 Å². The summed E-state index contributed by atoms with van der Waals surface area (Å²) in [4.78, 5) is 25.1. The van der Waals surface area contributed by atoms with Gasteiger partial charge in [-0.2, -0.15) is 0 Å². The standard InChI is InChI=1S/C23H21NO3/c1-16(23(27)24-15-17-10-12-21(25)13-11-17)19-8-5-9-20(14-19)22(26)18-6-3-2-4-7-18/h2-14,16,25H,15H2,1H3,(H,24,27)/t16-/m0/s1. The smallest absolute Gasteiger partial charge is 0.227 e. The predicted octanol–water partition coefficient (Wildman–Crippen LogP) is 4.04. The molecular formula is C23H21NO3. The number of carbonyl (C=O) groups is 2. The van der Waals surface area contributed by atoms with E-state index in [2.05, 4.69) is 5.32 Å². The summed E-state index contributed by atoms with van der Waals surface area (Å²) in [6.45, 7) is 2.20. The van der Waals surface area contributed by atoms with E-state index < -0.39 is 0 Å². The summed E-state index contributed by atoms with van der Waals surface area (Å²) in [6, 6.07) is 23.0. The molecule has 1 amide bonds. The lowest BCUT2D eigenvalue weighted by molar-refractivity contribution is -0.122. The zero-order valence-corrected chi connectivity index (χ0v) is 15.1. The lowest BCUT2D eigenvalue weighted by Gasteiger charge is -2.14. The van der Waals surface area contributed by atoms with Crippen LogP contribution in [0.15, 0.2) is 78.9 Å². The maximum Gasteiger partial charge on any atom is 0.227 e. The van der Waals surface area contributed by atoms with Crippen LogP contribution in [0.1, 0.15) is 39.9 Å². The molecular weight excluding hydrogens is 338 g/mol. The molecule has 0 fully saturated rings. The van der Waals surface area contributed by atoms with Gasteiger partial charge in [0.1, 0.15) is 5.75 Å². The number of phenolic OH excluding ortho intramolecular Hbond substituents is 1. The number of carbonyl (C=O) groups excluding carboxylic acids is 2. The molecule has 0 saturated heterocycles. The lowest BCUT2D eigenvalue weighted by Crippen LogP contribution is -2.27. The quantitative estimate of drug-likeness (QED) is 0.653. The summed E-state index contributed by atoms with van der Waals surface area (Å²) in [7, 11) is 0. The van der Waals surface area contributed by atoms with Gasteiger partial charge in [-0.15, -0.1) is 0 Å². The summed E-state index contributed by atoms with van der Waals surface area (Å²) < 4.78 is 0. The molecule has 3 aromatic rings. The number of hydrogen-bond acceptors (Lipinski definition) is 3. The van der Waals surface area contributed by atoms with Crippen molar-refractivity contribution < 1.29 is 14.7 Å². The Balaban J connectivity index is 1.69. The van der Waals surface area contributed by atoms with Crippen molar-refractivity contribution in [3.05, 3.63) is 101 Å². The molecule has 4 heteroatoms. The highest BCUT2D eigenvalue weighted by molar-refractivity contribution is 6.09. The minimum atomic E-state index is -0.384. The molecule has 3 rings (SSSR count). The van der Waals surface area contributed by atoms with Crippen LogP contribution in [0.4, 0.5) is 0 Å². The molecule has 0 spiro atoms. The molecule has 27 heavy (non-hydrogen) atoms. The first kappa shape index (κ1) is 18.4. The number of nitrogens with one attached hydrogen (secondary N) is 1. The van der Waals surface area contributed by atoms with Crippen LogP contribution in [0.25, 0.3) is 0 Å². The zero-order chi connectivity index (χ0) is 19.2. The first-order valence-corrected chi connectivity index (χ1v) is 8.80. The second-order valence-electron chi connectivity index (χ2n) is 6.43. The van der Waals surface area contributed by atoms with Gasteiger partial charge in [0.25, 0.3) is 0 Å². The fraction of sp³-hybridized carbons (Fsp3) is 0.130. The Hall–Kier alpha value is -3.40. The SMILES string of the molecule is C[C@H](C(=O)NCc1ccc(O)cc1)c1cccc(C(=O)c2ccccc2)c1. The van der Waals surface area contributed by atoms with Gasteiger partial charge in [-0.3, -0.25) is 9.59 Å². The lowest BCUT2D eigenvalue weighted by atomic mass is 9.95. The molecule has 2 N–H and O–H groups in total. The van der Waals surface area contributed by atoms with Crippen LogP contribution in [0, 0.1) is 0 Å². The minimum Gasteiger partial charge on any atom is -0.508 e. The molecule has 0 aliphatic heterocycles. The predicted molar refractivity (Wildman–Crippen MR) is 105 cm³/mol. The maximum absolute atomic E-state index is 12.6. The van der Waals surface area contributed by atoms with Crippen molar-refractivity contribution in [1.82, 2.24) is 5.32 Å². The van der Waals surface area contributed by atoms with Crippen LogP contribution in [0.3, 0.4) is 0 Å². The highest BCUT2D eigenvalue weighted by atomic mass is 16.3. The Kier molecular flexibility index (Phi) is 5.67. The molecule has 0 bridgehead atoms. The third-order valence-electron chi connectivity index (χ3n) is 4.48. The summed E-state index contributed by atoms with van der Waals surface area (Å²) >= 11 is 0. The monoisotopic (exact) mass is 359 g/mol. The molecule has 1 atom stereocenters. The third-order valence-corrected chi connectivity index (χ3v) is 4.48. The van der Waals surface area contributed by atoms with Crippen LogP contribution in [-0.2, 0) is 11.3 Å². The number of phenols is 1. The molecule has 0 aliphatic rings. The maximum atomic E-state index is 12.6. The van der Waals surface area contributed by atoms with E-state index in [1.54, 1.807) is 54.6 Å². The molecule has 0 aromatic heterocycles. The fourth-order valence-corrected chi connectivity index (χ4v) is 2.81. The van der Waals surface area contributed by atoms with Gasteiger partial charge >= 0.3 is 0 Å². The van der Waals surface area contributed by atoms with Gasteiger partial charge in [-0.1, -0.05) is 60.7 Å². The third kappa shape index (κ3) is 4.61. The molecule has 3 aromatic carbocycles.